The molecule has 19 heavy (non-hydrogen) atoms. The van der Waals surface area contributed by atoms with Gasteiger partial charge >= 0.3 is 6.18 Å². The third kappa shape index (κ3) is 2.51. The SMILES string of the molecule is N/C(=N\O)c1cc(C(F)(F)F)ccc1-n1ccnc1. The lowest BCUT2D eigenvalue weighted by Crippen LogP contribution is -2.18. The molecule has 1 aromatic heterocycles. The molecular formula is C11H9F3N4O. The van der Waals surface area contributed by atoms with Gasteiger partial charge in [0.2, 0.25) is 0 Å². The van der Waals surface area contributed by atoms with E-state index in [1.807, 2.05) is 0 Å². The summed E-state index contributed by atoms with van der Waals surface area (Å²) >= 11 is 0. The first-order chi connectivity index (χ1) is 8.93. The van der Waals surface area contributed by atoms with Crippen molar-refractivity contribution in [1.29, 1.82) is 0 Å². The van der Waals surface area contributed by atoms with E-state index >= 15 is 0 Å². The van der Waals surface area contributed by atoms with Crippen molar-refractivity contribution in [1.82, 2.24) is 9.55 Å². The highest BCUT2D eigenvalue weighted by Gasteiger charge is 2.31. The van der Waals surface area contributed by atoms with E-state index in [2.05, 4.69) is 10.1 Å². The Morgan fingerprint density at radius 1 is 1.37 bits per heavy atom. The van der Waals surface area contributed by atoms with Crippen LogP contribution in [0.1, 0.15) is 11.1 Å². The molecule has 5 nitrogen and oxygen atoms in total. The molecule has 8 heteroatoms. The van der Waals surface area contributed by atoms with Crippen molar-refractivity contribution in [3.63, 3.8) is 0 Å². The molecule has 0 aliphatic heterocycles. The van der Waals surface area contributed by atoms with Gasteiger partial charge in [0, 0.05) is 18.0 Å². The van der Waals surface area contributed by atoms with Crippen molar-refractivity contribution >= 4 is 5.84 Å². The van der Waals surface area contributed by atoms with Gasteiger partial charge in [0.05, 0.1) is 17.6 Å². The first kappa shape index (κ1) is 12.9. The molecule has 0 radical (unpaired) electrons. The number of rotatable bonds is 2. The minimum atomic E-state index is -4.50. The largest absolute Gasteiger partial charge is 0.416 e. The summed E-state index contributed by atoms with van der Waals surface area (Å²) in [5.41, 5.74) is 4.84. The minimum absolute atomic E-state index is 0.0321. The third-order valence-corrected chi connectivity index (χ3v) is 2.49. The van der Waals surface area contributed by atoms with E-state index < -0.39 is 17.6 Å². The number of nitrogens with two attached hydrogens (primary N) is 1. The predicted octanol–water partition coefficient (Wildman–Crippen LogP) is 1.99. The molecule has 0 fully saturated rings. The number of alkyl halides is 3. The molecule has 0 saturated carbocycles. The lowest BCUT2D eigenvalue weighted by atomic mass is 10.1. The number of nitrogens with zero attached hydrogens (tertiary/aromatic N) is 3. The third-order valence-electron chi connectivity index (χ3n) is 2.49. The van der Waals surface area contributed by atoms with Crippen molar-refractivity contribution in [2.75, 3.05) is 0 Å². The van der Waals surface area contributed by atoms with E-state index in [4.69, 9.17) is 10.9 Å². The Kier molecular flexibility index (Phi) is 3.16. The summed E-state index contributed by atoms with van der Waals surface area (Å²) in [6.45, 7) is 0. The quantitative estimate of drug-likeness (QED) is 0.379. The van der Waals surface area contributed by atoms with Crippen LogP contribution < -0.4 is 5.73 Å². The number of hydrogen-bond acceptors (Lipinski definition) is 3. The van der Waals surface area contributed by atoms with Crippen LogP contribution in [0.25, 0.3) is 5.69 Å². The maximum Gasteiger partial charge on any atom is 0.416 e. The Morgan fingerprint density at radius 3 is 2.63 bits per heavy atom. The van der Waals surface area contributed by atoms with Crippen LogP contribution in [0.4, 0.5) is 13.2 Å². The number of amidine groups is 1. The Bertz CT molecular complexity index is 605. The van der Waals surface area contributed by atoms with Crippen LogP contribution in [0.3, 0.4) is 0 Å². The van der Waals surface area contributed by atoms with Crippen molar-refractivity contribution in [3.8, 4) is 5.69 Å². The second-order valence-electron chi connectivity index (χ2n) is 3.68. The van der Waals surface area contributed by atoms with E-state index in [-0.39, 0.29) is 5.56 Å². The number of imidazole rings is 1. The highest BCUT2D eigenvalue weighted by molar-refractivity contribution is 6.00. The van der Waals surface area contributed by atoms with E-state index in [0.717, 1.165) is 12.1 Å². The van der Waals surface area contributed by atoms with Crippen LogP contribution in [-0.4, -0.2) is 20.6 Å². The fourth-order valence-corrected chi connectivity index (χ4v) is 1.60. The zero-order valence-corrected chi connectivity index (χ0v) is 9.46. The fraction of sp³-hybridized carbons (Fsp3) is 0.0909. The average molecular weight is 270 g/mol. The summed E-state index contributed by atoms with van der Waals surface area (Å²) in [5.74, 6) is -0.408. The first-order valence-electron chi connectivity index (χ1n) is 5.11. The summed E-state index contributed by atoms with van der Waals surface area (Å²) in [4.78, 5) is 3.79. The van der Waals surface area contributed by atoms with Gasteiger partial charge in [0.25, 0.3) is 0 Å². The molecule has 1 heterocycles. The molecule has 0 atom stereocenters. The maximum atomic E-state index is 12.6. The molecule has 0 amide bonds. The monoisotopic (exact) mass is 270 g/mol. The standard InChI is InChI=1S/C11H9F3N4O/c12-11(13,14)7-1-2-9(18-4-3-16-6-18)8(5-7)10(15)17-19/h1-6,19H,(H2,15,17). The summed E-state index contributed by atoms with van der Waals surface area (Å²) < 4.78 is 39.4. The Balaban J connectivity index is 2.63. The van der Waals surface area contributed by atoms with Crippen molar-refractivity contribution in [2.45, 2.75) is 6.18 Å². The summed E-state index contributed by atoms with van der Waals surface area (Å²) in [6.07, 6.45) is -0.0980. The summed E-state index contributed by atoms with van der Waals surface area (Å²) in [5, 5.41) is 11.4. The second kappa shape index (κ2) is 4.63. The van der Waals surface area contributed by atoms with Crippen LogP contribution in [0.2, 0.25) is 0 Å². The number of benzene rings is 1. The zero-order valence-electron chi connectivity index (χ0n) is 9.46. The van der Waals surface area contributed by atoms with Crippen LogP contribution in [-0.2, 0) is 6.18 Å². The molecule has 1 aromatic carbocycles. The van der Waals surface area contributed by atoms with Gasteiger partial charge in [-0.15, -0.1) is 0 Å². The smallest absolute Gasteiger partial charge is 0.409 e. The topological polar surface area (TPSA) is 76.4 Å². The van der Waals surface area contributed by atoms with Crippen LogP contribution >= 0.6 is 0 Å². The van der Waals surface area contributed by atoms with Gasteiger partial charge in [-0.2, -0.15) is 13.2 Å². The van der Waals surface area contributed by atoms with E-state index in [9.17, 15) is 13.2 Å². The molecule has 0 saturated heterocycles. The highest BCUT2D eigenvalue weighted by Crippen LogP contribution is 2.31. The normalized spacial score (nSPS) is 12.7. The first-order valence-corrected chi connectivity index (χ1v) is 5.11. The number of oxime groups is 1. The van der Waals surface area contributed by atoms with Gasteiger partial charge < -0.3 is 15.5 Å². The maximum absolute atomic E-state index is 12.6. The van der Waals surface area contributed by atoms with Gasteiger partial charge in [-0.1, -0.05) is 5.16 Å². The molecule has 2 rings (SSSR count). The average Bonchev–Trinajstić information content (AvgIpc) is 2.89. The molecule has 0 bridgehead atoms. The molecule has 0 aliphatic rings. The molecule has 2 aromatic rings. The van der Waals surface area contributed by atoms with Crippen LogP contribution in [0.5, 0.6) is 0 Å². The van der Waals surface area contributed by atoms with Crippen molar-refractivity contribution in [2.24, 2.45) is 10.9 Å². The molecular weight excluding hydrogens is 261 g/mol. The Labute approximate surface area is 105 Å². The number of aromatic nitrogens is 2. The van der Waals surface area contributed by atoms with Gasteiger partial charge in [-0.25, -0.2) is 4.98 Å². The minimum Gasteiger partial charge on any atom is -0.409 e. The molecule has 3 N–H and O–H groups in total. The van der Waals surface area contributed by atoms with Gasteiger partial charge in [-0.3, -0.25) is 0 Å². The Morgan fingerprint density at radius 2 is 2.11 bits per heavy atom. The molecule has 0 spiro atoms. The lowest BCUT2D eigenvalue weighted by molar-refractivity contribution is -0.137. The number of hydrogen-bond donors (Lipinski definition) is 2. The van der Waals surface area contributed by atoms with Gasteiger partial charge in [-0.05, 0) is 18.2 Å². The Hall–Kier alpha value is -2.51. The van der Waals surface area contributed by atoms with Crippen LogP contribution in [0, 0.1) is 0 Å². The highest BCUT2D eigenvalue weighted by atomic mass is 19.4. The molecule has 0 unspecified atom stereocenters. The summed E-state index contributed by atoms with van der Waals surface area (Å²) in [7, 11) is 0. The lowest BCUT2D eigenvalue weighted by Gasteiger charge is -2.13. The summed E-state index contributed by atoms with van der Waals surface area (Å²) in [6, 6.07) is 2.98. The van der Waals surface area contributed by atoms with Crippen molar-refractivity contribution in [3.05, 3.63) is 48.0 Å². The van der Waals surface area contributed by atoms with E-state index in [1.54, 1.807) is 0 Å². The van der Waals surface area contributed by atoms with Crippen molar-refractivity contribution < 1.29 is 18.4 Å². The van der Waals surface area contributed by atoms with Crippen LogP contribution in [0.15, 0.2) is 42.1 Å². The van der Waals surface area contributed by atoms with Gasteiger partial charge in [0.15, 0.2) is 5.84 Å². The zero-order chi connectivity index (χ0) is 14.0. The predicted molar refractivity (Wildman–Crippen MR) is 61.1 cm³/mol. The van der Waals surface area contributed by atoms with E-state index in [1.165, 1.54) is 29.4 Å². The fourth-order valence-electron chi connectivity index (χ4n) is 1.60. The molecule has 0 aliphatic carbocycles. The molecule has 100 valence electrons. The van der Waals surface area contributed by atoms with E-state index in [0.29, 0.717) is 5.69 Å². The second-order valence-corrected chi connectivity index (χ2v) is 3.68. The number of halogens is 3. The van der Waals surface area contributed by atoms with Gasteiger partial charge in [0.1, 0.15) is 0 Å².